The summed E-state index contributed by atoms with van der Waals surface area (Å²) in [5.74, 6) is 0.615. The number of hydrogen-bond acceptors (Lipinski definition) is 4. The van der Waals surface area contributed by atoms with Crippen LogP contribution in [0.2, 0.25) is 0 Å². The second kappa shape index (κ2) is 6.23. The van der Waals surface area contributed by atoms with Gasteiger partial charge in [-0.1, -0.05) is 24.3 Å². The molecule has 0 fully saturated rings. The average Bonchev–Trinajstić information content (AvgIpc) is 3.03. The van der Waals surface area contributed by atoms with Crippen LogP contribution in [0.25, 0.3) is 11.3 Å². The van der Waals surface area contributed by atoms with E-state index in [1.807, 2.05) is 42.1 Å². The molecule has 0 aliphatic rings. The molecule has 2 aromatic heterocycles. The van der Waals surface area contributed by atoms with Crippen molar-refractivity contribution in [2.24, 2.45) is 0 Å². The Kier molecular flexibility index (Phi) is 4.12. The summed E-state index contributed by atoms with van der Waals surface area (Å²) < 4.78 is 1.82. The number of benzene rings is 1. The summed E-state index contributed by atoms with van der Waals surface area (Å²) in [4.78, 5) is 29.9. The molecule has 0 spiro atoms. The Labute approximate surface area is 139 Å². The van der Waals surface area contributed by atoms with E-state index in [9.17, 15) is 9.59 Å². The van der Waals surface area contributed by atoms with Gasteiger partial charge in [0.1, 0.15) is 5.82 Å². The molecule has 0 saturated carbocycles. The Hall–Kier alpha value is -3.02. The molecule has 24 heavy (non-hydrogen) atoms. The SMILES string of the molecule is CC(=O)c1ccc(C(C)n2cc(-c3cc(=O)[nH]c(C)n3)cn2)cc1. The number of nitrogens with zero attached hydrogens (tertiary/aromatic N) is 3. The minimum Gasteiger partial charge on any atom is -0.311 e. The van der Waals surface area contributed by atoms with E-state index in [0.29, 0.717) is 17.1 Å². The number of rotatable bonds is 4. The fraction of sp³-hybridized carbons (Fsp3) is 0.222. The van der Waals surface area contributed by atoms with Gasteiger partial charge in [-0.05, 0) is 26.3 Å². The van der Waals surface area contributed by atoms with E-state index in [2.05, 4.69) is 15.1 Å². The maximum atomic E-state index is 11.6. The van der Waals surface area contributed by atoms with Crippen molar-refractivity contribution >= 4 is 5.78 Å². The number of aromatic amines is 1. The molecule has 122 valence electrons. The largest absolute Gasteiger partial charge is 0.311 e. The first-order valence-electron chi connectivity index (χ1n) is 7.67. The average molecular weight is 322 g/mol. The lowest BCUT2D eigenvalue weighted by Crippen LogP contribution is -2.08. The molecule has 0 aliphatic carbocycles. The molecule has 2 heterocycles. The van der Waals surface area contributed by atoms with E-state index in [1.165, 1.54) is 6.07 Å². The summed E-state index contributed by atoms with van der Waals surface area (Å²) in [5.41, 5.74) is 2.94. The standard InChI is InChI=1S/C18H18N4O2/c1-11(14-4-6-15(7-5-14)12(2)23)22-10-16(9-19-22)17-8-18(24)21-13(3)20-17/h4-11H,1-3H3,(H,20,21,24). The predicted molar refractivity (Wildman–Crippen MR) is 91.1 cm³/mol. The van der Waals surface area contributed by atoms with Crippen molar-refractivity contribution in [3.8, 4) is 11.3 Å². The van der Waals surface area contributed by atoms with Crippen LogP contribution >= 0.6 is 0 Å². The second-order valence-electron chi connectivity index (χ2n) is 5.78. The molecule has 1 aromatic carbocycles. The van der Waals surface area contributed by atoms with Gasteiger partial charge in [0.25, 0.3) is 5.56 Å². The molecule has 0 bridgehead atoms. The molecule has 0 radical (unpaired) electrons. The summed E-state index contributed by atoms with van der Waals surface area (Å²) in [5, 5.41) is 4.38. The summed E-state index contributed by atoms with van der Waals surface area (Å²) in [7, 11) is 0. The highest BCUT2D eigenvalue weighted by Crippen LogP contribution is 2.21. The number of Topliss-reactive ketones (excluding diaryl/α,β-unsaturated/α-hetero) is 1. The van der Waals surface area contributed by atoms with E-state index in [-0.39, 0.29) is 17.4 Å². The minimum atomic E-state index is -0.182. The fourth-order valence-corrected chi connectivity index (χ4v) is 2.56. The van der Waals surface area contributed by atoms with E-state index in [1.54, 1.807) is 20.0 Å². The zero-order chi connectivity index (χ0) is 17.3. The number of carbonyl (C=O) groups is 1. The summed E-state index contributed by atoms with van der Waals surface area (Å²) in [6.45, 7) is 5.32. The maximum absolute atomic E-state index is 11.6. The summed E-state index contributed by atoms with van der Waals surface area (Å²) >= 11 is 0. The van der Waals surface area contributed by atoms with Crippen LogP contribution in [0.1, 0.15) is 41.6 Å². The molecule has 3 aromatic rings. The first-order chi connectivity index (χ1) is 11.4. The van der Waals surface area contributed by atoms with Crippen molar-refractivity contribution in [1.82, 2.24) is 19.7 Å². The lowest BCUT2D eigenvalue weighted by Gasteiger charge is -2.12. The van der Waals surface area contributed by atoms with Gasteiger partial charge >= 0.3 is 0 Å². The number of ketones is 1. The van der Waals surface area contributed by atoms with E-state index < -0.39 is 0 Å². The Morgan fingerprint density at radius 1 is 1.25 bits per heavy atom. The number of aryl methyl sites for hydroxylation is 1. The van der Waals surface area contributed by atoms with Crippen LogP contribution in [0.15, 0.2) is 47.5 Å². The van der Waals surface area contributed by atoms with Gasteiger partial charge in [0.2, 0.25) is 0 Å². The van der Waals surface area contributed by atoms with Crippen molar-refractivity contribution in [2.45, 2.75) is 26.8 Å². The van der Waals surface area contributed by atoms with Crippen molar-refractivity contribution in [3.63, 3.8) is 0 Å². The molecule has 1 atom stereocenters. The molecule has 6 heteroatoms. The molecule has 0 aliphatic heterocycles. The van der Waals surface area contributed by atoms with E-state index in [4.69, 9.17) is 0 Å². The van der Waals surface area contributed by atoms with Crippen molar-refractivity contribution in [1.29, 1.82) is 0 Å². The highest BCUT2D eigenvalue weighted by molar-refractivity contribution is 5.94. The van der Waals surface area contributed by atoms with Crippen LogP contribution in [0.5, 0.6) is 0 Å². The van der Waals surface area contributed by atoms with Gasteiger partial charge in [0, 0.05) is 23.4 Å². The topological polar surface area (TPSA) is 80.6 Å². The normalized spacial score (nSPS) is 12.1. The summed E-state index contributed by atoms with van der Waals surface area (Å²) in [6, 6.07) is 8.96. The monoisotopic (exact) mass is 322 g/mol. The summed E-state index contributed by atoms with van der Waals surface area (Å²) in [6.07, 6.45) is 3.56. The van der Waals surface area contributed by atoms with Crippen molar-refractivity contribution < 1.29 is 4.79 Å². The first-order valence-corrected chi connectivity index (χ1v) is 7.67. The molecule has 0 amide bonds. The fourth-order valence-electron chi connectivity index (χ4n) is 2.56. The van der Waals surface area contributed by atoms with Gasteiger partial charge in [0.15, 0.2) is 5.78 Å². The van der Waals surface area contributed by atoms with Gasteiger partial charge in [0.05, 0.1) is 17.9 Å². The number of hydrogen-bond donors (Lipinski definition) is 1. The minimum absolute atomic E-state index is 0.00264. The third-order valence-corrected chi connectivity index (χ3v) is 3.95. The quantitative estimate of drug-likeness (QED) is 0.749. The Bertz CT molecular complexity index is 938. The highest BCUT2D eigenvalue weighted by atomic mass is 16.1. The zero-order valence-corrected chi connectivity index (χ0v) is 13.8. The van der Waals surface area contributed by atoms with Crippen LogP contribution < -0.4 is 5.56 Å². The first kappa shape index (κ1) is 15.9. The van der Waals surface area contributed by atoms with E-state index >= 15 is 0 Å². The number of H-pyrrole nitrogens is 1. The molecule has 1 unspecified atom stereocenters. The lowest BCUT2D eigenvalue weighted by atomic mass is 10.0. The molecule has 1 N–H and O–H groups in total. The predicted octanol–water partition coefficient (Wildman–Crippen LogP) is 2.75. The van der Waals surface area contributed by atoms with Gasteiger partial charge in [-0.3, -0.25) is 14.3 Å². The van der Waals surface area contributed by atoms with Crippen LogP contribution in [0, 0.1) is 6.92 Å². The van der Waals surface area contributed by atoms with Crippen LogP contribution in [0.4, 0.5) is 0 Å². The van der Waals surface area contributed by atoms with E-state index in [0.717, 1.165) is 11.1 Å². The molecular formula is C18H18N4O2. The van der Waals surface area contributed by atoms with Gasteiger partial charge < -0.3 is 4.98 Å². The van der Waals surface area contributed by atoms with Crippen LogP contribution in [-0.4, -0.2) is 25.5 Å². The third-order valence-electron chi connectivity index (χ3n) is 3.95. The molecular weight excluding hydrogens is 304 g/mol. The number of carbonyl (C=O) groups excluding carboxylic acids is 1. The van der Waals surface area contributed by atoms with Crippen LogP contribution in [-0.2, 0) is 0 Å². The van der Waals surface area contributed by atoms with Crippen molar-refractivity contribution in [2.75, 3.05) is 0 Å². The Balaban J connectivity index is 1.89. The molecule has 6 nitrogen and oxygen atoms in total. The van der Waals surface area contributed by atoms with Gasteiger partial charge in [-0.15, -0.1) is 0 Å². The maximum Gasteiger partial charge on any atom is 0.251 e. The third kappa shape index (κ3) is 3.17. The van der Waals surface area contributed by atoms with Gasteiger partial charge in [-0.2, -0.15) is 5.10 Å². The number of nitrogens with one attached hydrogen (secondary N) is 1. The second-order valence-corrected chi connectivity index (χ2v) is 5.78. The molecule has 0 saturated heterocycles. The zero-order valence-electron chi connectivity index (χ0n) is 13.8. The Morgan fingerprint density at radius 3 is 2.58 bits per heavy atom. The number of aromatic nitrogens is 4. The highest BCUT2D eigenvalue weighted by Gasteiger charge is 2.12. The Morgan fingerprint density at radius 2 is 1.96 bits per heavy atom. The van der Waals surface area contributed by atoms with Crippen molar-refractivity contribution in [3.05, 3.63) is 70.0 Å². The smallest absolute Gasteiger partial charge is 0.251 e. The lowest BCUT2D eigenvalue weighted by molar-refractivity contribution is 0.101. The van der Waals surface area contributed by atoms with Gasteiger partial charge in [-0.25, -0.2) is 4.98 Å². The molecule has 3 rings (SSSR count). The van der Waals surface area contributed by atoms with Crippen LogP contribution in [0.3, 0.4) is 0 Å².